The lowest BCUT2D eigenvalue weighted by Crippen LogP contribution is -2.11. The van der Waals surface area contributed by atoms with Crippen LogP contribution in [0.5, 0.6) is 17.2 Å². The first-order chi connectivity index (χ1) is 25.6. The Labute approximate surface area is 315 Å². The molecule has 0 aliphatic carbocycles. The van der Waals surface area contributed by atoms with Crippen molar-refractivity contribution in [3.63, 3.8) is 0 Å². The molecule has 270 valence electrons. The number of rotatable bonds is 15. The largest absolute Gasteiger partial charge is 0.493 e. The molecule has 7 nitrogen and oxygen atoms in total. The van der Waals surface area contributed by atoms with Crippen molar-refractivity contribution in [2.24, 2.45) is 0 Å². The van der Waals surface area contributed by atoms with Gasteiger partial charge in [0.2, 0.25) is 0 Å². The van der Waals surface area contributed by atoms with Crippen LogP contribution in [0.3, 0.4) is 0 Å². The molecule has 0 atom stereocenters. The van der Waals surface area contributed by atoms with Crippen LogP contribution in [0.4, 0.5) is 0 Å². The van der Waals surface area contributed by atoms with E-state index in [1.54, 1.807) is 43.3 Å². The number of allylic oxidation sites excluding steroid dienone is 2. The summed E-state index contributed by atoms with van der Waals surface area (Å²) in [4.78, 5) is 37.3. The van der Waals surface area contributed by atoms with E-state index < -0.39 is 17.9 Å². The number of fused-ring (bicyclic) bond motifs is 1. The third-order valence-electron chi connectivity index (χ3n) is 8.29. The molecule has 0 aromatic heterocycles. The molecule has 5 aromatic rings. The predicted molar refractivity (Wildman–Crippen MR) is 211 cm³/mol. The molecule has 0 fully saturated rings. The lowest BCUT2D eigenvalue weighted by Gasteiger charge is -2.12. The molecule has 0 saturated heterocycles. The summed E-state index contributed by atoms with van der Waals surface area (Å²) in [5.41, 5.74) is 5.83. The monoisotopic (exact) mass is 728 g/mol. The van der Waals surface area contributed by atoms with Gasteiger partial charge in [-0.05, 0) is 133 Å². The highest BCUT2D eigenvalue weighted by Gasteiger charge is 2.16. The molecule has 0 spiro atoms. The summed E-state index contributed by atoms with van der Waals surface area (Å²) in [5.74, 6) is -0.323. The van der Waals surface area contributed by atoms with E-state index in [-0.39, 0.29) is 12.4 Å². The molecule has 53 heavy (non-hydrogen) atoms. The van der Waals surface area contributed by atoms with Gasteiger partial charge in [-0.1, -0.05) is 72.8 Å². The van der Waals surface area contributed by atoms with E-state index >= 15 is 0 Å². The van der Waals surface area contributed by atoms with E-state index in [1.165, 1.54) is 5.56 Å². The molecule has 8 heteroatoms. The first kappa shape index (κ1) is 38.3. The van der Waals surface area contributed by atoms with Gasteiger partial charge in [-0.15, -0.1) is 0 Å². The molecule has 0 unspecified atom stereocenters. The Morgan fingerprint density at radius 2 is 1.30 bits per heavy atom. The number of benzene rings is 5. The molecule has 0 amide bonds. The molecule has 0 radical (unpaired) electrons. The van der Waals surface area contributed by atoms with Gasteiger partial charge >= 0.3 is 17.9 Å². The quantitative estimate of drug-likeness (QED) is 0.0459. The molecule has 0 aliphatic rings. The number of carbonyl (C=O) groups excluding carboxylic acids is 3. The topological polar surface area (TPSA) is 88.1 Å². The number of carbonyl (C=O) groups is 3. The summed E-state index contributed by atoms with van der Waals surface area (Å²) in [7, 11) is 0. The van der Waals surface area contributed by atoms with Crippen LogP contribution in [0.15, 0.2) is 116 Å². The van der Waals surface area contributed by atoms with Crippen LogP contribution >= 0.6 is 11.6 Å². The summed E-state index contributed by atoms with van der Waals surface area (Å²) >= 11 is 6.56. The van der Waals surface area contributed by atoms with Crippen LogP contribution in [0.25, 0.3) is 22.9 Å². The first-order valence-corrected chi connectivity index (χ1v) is 17.7. The average molecular weight is 729 g/mol. The Bertz CT molecular complexity index is 2170. The van der Waals surface area contributed by atoms with Gasteiger partial charge < -0.3 is 18.9 Å². The molecular formula is C45H41ClO7. The number of hydrogen-bond donors (Lipinski definition) is 0. The second-order valence-electron chi connectivity index (χ2n) is 12.3. The van der Waals surface area contributed by atoms with Gasteiger partial charge in [0.05, 0.1) is 29.4 Å². The highest BCUT2D eigenvalue weighted by Crippen LogP contribution is 2.29. The minimum Gasteiger partial charge on any atom is -0.493 e. The van der Waals surface area contributed by atoms with Gasteiger partial charge in [0.15, 0.2) is 0 Å². The predicted octanol–water partition coefficient (Wildman–Crippen LogP) is 10.6. The summed E-state index contributed by atoms with van der Waals surface area (Å²) in [6.07, 6.45) is 11.5. The van der Waals surface area contributed by atoms with Gasteiger partial charge in [-0.3, -0.25) is 0 Å². The van der Waals surface area contributed by atoms with Crippen molar-refractivity contribution in [2.75, 3.05) is 13.2 Å². The van der Waals surface area contributed by atoms with Crippen molar-refractivity contribution in [3.05, 3.63) is 160 Å². The van der Waals surface area contributed by atoms with E-state index in [0.29, 0.717) is 46.2 Å². The zero-order valence-electron chi connectivity index (χ0n) is 30.0. The number of ether oxygens (including phenoxy) is 4. The molecule has 0 heterocycles. The van der Waals surface area contributed by atoms with Crippen molar-refractivity contribution in [2.45, 2.75) is 40.0 Å². The molecule has 0 bridgehead atoms. The third kappa shape index (κ3) is 10.8. The normalized spacial score (nSPS) is 11.2. The van der Waals surface area contributed by atoms with E-state index in [9.17, 15) is 14.4 Å². The van der Waals surface area contributed by atoms with Crippen LogP contribution in [-0.2, 0) is 22.4 Å². The van der Waals surface area contributed by atoms with Crippen LogP contribution < -0.4 is 14.2 Å². The van der Waals surface area contributed by atoms with Crippen LogP contribution in [-0.4, -0.2) is 31.1 Å². The maximum Gasteiger partial charge on any atom is 0.343 e. The SMILES string of the molecule is C=CC(=O)OCCCOc1ccc2cc(C(=O)Oc3ccc(C(=O)Oc4ccc(CCc5cc(/C=C\C)cc(/C=C\C)c5)cc4Cl)cc3C)ccc2c1. The molecule has 0 N–H and O–H groups in total. The average Bonchev–Trinajstić information content (AvgIpc) is 3.15. The smallest absolute Gasteiger partial charge is 0.343 e. The summed E-state index contributed by atoms with van der Waals surface area (Å²) < 4.78 is 22.1. The van der Waals surface area contributed by atoms with Gasteiger partial charge in [0.1, 0.15) is 17.2 Å². The molecule has 5 rings (SSSR count). The van der Waals surface area contributed by atoms with E-state index in [1.807, 2.05) is 62.4 Å². The minimum atomic E-state index is -0.577. The van der Waals surface area contributed by atoms with Gasteiger partial charge in [0.25, 0.3) is 0 Å². The van der Waals surface area contributed by atoms with Crippen LogP contribution in [0, 0.1) is 6.92 Å². The molecule has 0 aliphatic heterocycles. The maximum atomic E-state index is 13.1. The Morgan fingerprint density at radius 3 is 1.98 bits per heavy atom. The van der Waals surface area contributed by atoms with Crippen molar-refractivity contribution < 1.29 is 33.3 Å². The zero-order valence-corrected chi connectivity index (χ0v) is 30.8. The van der Waals surface area contributed by atoms with Gasteiger partial charge in [-0.25, -0.2) is 14.4 Å². The highest BCUT2D eigenvalue weighted by atomic mass is 35.5. The van der Waals surface area contributed by atoms with Crippen molar-refractivity contribution in [1.29, 1.82) is 0 Å². The number of aryl methyl sites for hydroxylation is 3. The lowest BCUT2D eigenvalue weighted by molar-refractivity contribution is -0.137. The van der Waals surface area contributed by atoms with E-state index in [0.717, 1.165) is 46.4 Å². The number of halogens is 1. The molecule has 5 aromatic carbocycles. The van der Waals surface area contributed by atoms with Gasteiger partial charge in [0, 0.05) is 12.5 Å². The second kappa shape index (κ2) is 18.5. The summed E-state index contributed by atoms with van der Waals surface area (Å²) in [6, 6.07) is 27.5. The van der Waals surface area contributed by atoms with E-state index in [4.69, 9.17) is 30.5 Å². The Balaban J connectivity index is 1.16. The highest BCUT2D eigenvalue weighted by molar-refractivity contribution is 6.32. The Morgan fingerprint density at radius 1 is 0.679 bits per heavy atom. The fraction of sp³-hybridized carbons (Fsp3) is 0.178. The minimum absolute atomic E-state index is 0.243. The summed E-state index contributed by atoms with van der Waals surface area (Å²) in [6.45, 7) is 9.75. The van der Waals surface area contributed by atoms with E-state index in [2.05, 4.69) is 36.9 Å². The van der Waals surface area contributed by atoms with Crippen LogP contribution in [0.2, 0.25) is 5.02 Å². The Hall–Kier alpha value is -5.92. The first-order valence-electron chi connectivity index (χ1n) is 17.3. The van der Waals surface area contributed by atoms with Gasteiger partial charge in [-0.2, -0.15) is 0 Å². The van der Waals surface area contributed by atoms with Crippen molar-refractivity contribution in [1.82, 2.24) is 0 Å². The Kier molecular flexibility index (Phi) is 13.4. The zero-order chi connectivity index (χ0) is 37.7. The number of hydrogen-bond acceptors (Lipinski definition) is 7. The van der Waals surface area contributed by atoms with Crippen LogP contribution in [0.1, 0.15) is 68.8 Å². The van der Waals surface area contributed by atoms with Crippen molar-refractivity contribution >= 4 is 52.4 Å². The fourth-order valence-corrected chi connectivity index (χ4v) is 5.91. The standard InChI is InChI=1S/C45H41ClO7/c1-5-9-32-24-33(10-6-2)26-34(25-32)12-11-31-13-19-42(40(46)27-31)53-44(48)37-17-20-41(30(4)23-37)52-45(49)38-15-14-36-29-39(18-16-35(36)28-38)50-21-8-22-51-43(47)7-3/h5-7,9-10,13-20,23-29H,3,8,11-12,21-22H2,1-2,4H3/b9-5-,10-6-. The van der Waals surface area contributed by atoms with Crippen molar-refractivity contribution in [3.8, 4) is 17.2 Å². The molecule has 0 saturated carbocycles. The third-order valence-corrected chi connectivity index (χ3v) is 8.58. The lowest BCUT2D eigenvalue weighted by atomic mass is 9.99. The maximum absolute atomic E-state index is 13.1. The second-order valence-corrected chi connectivity index (χ2v) is 12.7. The fourth-order valence-electron chi connectivity index (χ4n) is 5.67. The molecular weight excluding hydrogens is 688 g/mol. The number of esters is 3. The summed E-state index contributed by atoms with van der Waals surface area (Å²) in [5, 5.41) is 2.07.